The van der Waals surface area contributed by atoms with Crippen LogP contribution in [0.5, 0.6) is 0 Å². The van der Waals surface area contributed by atoms with Crippen molar-refractivity contribution in [2.24, 2.45) is 11.8 Å². The number of rotatable bonds is 10. The third-order valence-corrected chi connectivity index (χ3v) is 12.3. The minimum absolute atomic E-state index is 0.169. The number of hydrogen-bond acceptors (Lipinski definition) is 9. The molecule has 4 atom stereocenters. The van der Waals surface area contributed by atoms with Gasteiger partial charge in [0.2, 0.25) is 11.8 Å². The summed E-state index contributed by atoms with van der Waals surface area (Å²) >= 11 is 0. The van der Waals surface area contributed by atoms with Gasteiger partial charge in [-0.2, -0.15) is 0 Å². The quantitative estimate of drug-likeness (QED) is 0.106. The number of allylic oxidation sites excluding steroid dienone is 4. The summed E-state index contributed by atoms with van der Waals surface area (Å²) in [6, 6.07) is 14.3. The maximum Gasteiger partial charge on any atom is 0.407 e. The zero-order valence-corrected chi connectivity index (χ0v) is 34.6. The van der Waals surface area contributed by atoms with Gasteiger partial charge in [-0.3, -0.25) is 9.59 Å². The topological polar surface area (TPSA) is 188 Å². The van der Waals surface area contributed by atoms with Gasteiger partial charge in [0.25, 0.3) is 0 Å². The first-order chi connectivity index (χ1) is 30.3. The predicted octanol–water partition coefficient (Wildman–Crippen LogP) is 7.21. The molecule has 2 aromatic carbocycles. The maximum absolute atomic E-state index is 14.0. The molecule has 0 radical (unpaired) electrons. The Hall–Kier alpha value is -7.03. The monoisotopic (exact) mass is 835 g/mol. The molecule has 2 fully saturated rings. The van der Waals surface area contributed by atoms with Gasteiger partial charge in [0, 0.05) is 36.1 Å². The SMILES string of the molecule is COC(=O)NC(C(=O)N1CCCC1c1ncc(-c2ccc3cc(-c4ccc5[nH]c(C6CCCN6C(=O)C(NC(=O)OC)C6C=CCC=C6)nc5n4)ccc3c2)[nH]1)C1C=CCC=C1. The van der Waals surface area contributed by atoms with Gasteiger partial charge in [-0.25, -0.2) is 24.5 Å². The van der Waals surface area contributed by atoms with Crippen LogP contribution in [0.25, 0.3) is 44.5 Å². The molecule has 4 N–H and O–H groups in total. The summed E-state index contributed by atoms with van der Waals surface area (Å²) in [5, 5.41) is 7.61. The molecule has 2 aliphatic carbocycles. The first kappa shape index (κ1) is 40.4. The number of methoxy groups -OCH3 is 2. The molecule has 2 aliphatic heterocycles. The minimum atomic E-state index is -0.801. The number of carbonyl (C=O) groups excluding carboxylic acids is 4. The fourth-order valence-corrected chi connectivity index (χ4v) is 9.13. The van der Waals surface area contributed by atoms with Crippen LogP contribution in [0.1, 0.15) is 62.3 Å². The van der Waals surface area contributed by atoms with Crippen molar-refractivity contribution in [1.82, 2.24) is 45.4 Å². The number of nitrogens with zero attached hydrogens (tertiary/aromatic N) is 5. The zero-order chi connectivity index (χ0) is 42.7. The highest BCUT2D eigenvalue weighted by atomic mass is 16.5. The van der Waals surface area contributed by atoms with Gasteiger partial charge in [-0.1, -0.05) is 72.9 Å². The Morgan fingerprint density at radius 2 is 1.23 bits per heavy atom. The van der Waals surface area contributed by atoms with Crippen molar-refractivity contribution in [3.63, 3.8) is 0 Å². The molecule has 0 saturated carbocycles. The fourth-order valence-electron chi connectivity index (χ4n) is 9.13. The smallest absolute Gasteiger partial charge is 0.407 e. The number of likely N-dealkylation sites (tertiary alicyclic amines) is 2. The third-order valence-electron chi connectivity index (χ3n) is 12.3. The van der Waals surface area contributed by atoms with Crippen LogP contribution in [0.3, 0.4) is 0 Å². The van der Waals surface area contributed by atoms with Gasteiger partial charge < -0.3 is 39.9 Å². The number of pyridine rings is 1. The van der Waals surface area contributed by atoms with E-state index < -0.39 is 24.3 Å². The number of aromatic amines is 2. The van der Waals surface area contributed by atoms with Gasteiger partial charge in [-0.05, 0) is 73.6 Å². The summed E-state index contributed by atoms with van der Waals surface area (Å²) in [4.78, 5) is 77.7. The lowest BCUT2D eigenvalue weighted by Crippen LogP contribution is -2.51. The first-order valence-electron chi connectivity index (χ1n) is 21.2. The van der Waals surface area contributed by atoms with E-state index in [1.165, 1.54) is 14.2 Å². The van der Waals surface area contributed by atoms with Crippen molar-refractivity contribution >= 4 is 45.9 Å². The lowest BCUT2D eigenvalue weighted by molar-refractivity contribution is -0.135. The predicted molar refractivity (Wildman–Crippen MR) is 233 cm³/mol. The number of aromatic nitrogens is 5. The number of benzene rings is 2. The van der Waals surface area contributed by atoms with Crippen LogP contribution in [0, 0.1) is 11.8 Å². The second kappa shape index (κ2) is 17.5. The van der Waals surface area contributed by atoms with Crippen molar-refractivity contribution in [1.29, 1.82) is 0 Å². The van der Waals surface area contributed by atoms with Gasteiger partial charge >= 0.3 is 12.2 Å². The van der Waals surface area contributed by atoms with Crippen LogP contribution < -0.4 is 10.6 Å². The van der Waals surface area contributed by atoms with Crippen LogP contribution in [0.15, 0.2) is 103 Å². The fraction of sp³-hybridized carbons (Fsp3) is 0.340. The number of hydrogen-bond donors (Lipinski definition) is 4. The molecule has 15 nitrogen and oxygen atoms in total. The van der Waals surface area contributed by atoms with Crippen molar-refractivity contribution in [3.05, 3.63) is 115 Å². The summed E-state index contributed by atoms with van der Waals surface area (Å²) in [5.41, 5.74) is 4.85. The molecule has 0 bridgehead atoms. The van der Waals surface area contributed by atoms with E-state index >= 15 is 0 Å². The molecule has 4 aliphatic rings. The van der Waals surface area contributed by atoms with E-state index in [0.717, 1.165) is 77.3 Å². The Morgan fingerprint density at radius 1 is 0.677 bits per heavy atom. The van der Waals surface area contributed by atoms with E-state index in [1.807, 2.05) is 77.9 Å². The normalized spacial score (nSPS) is 19.9. The number of fused-ring (bicyclic) bond motifs is 2. The summed E-state index contributed by atoms with van der Waals surface area (Å²) in [6.07, 6.45) is 21.0. The summed E-state index contributed by atoms with van der Waals surface area (Å²) in [5.74, 6) is 0.463. The highest BCUT2D eigenvalue weighted by Crippen LogP contribution is 2.36. The molecule has 9 rings (SSSR count). The maximum atomic E-state index is 14.0. The van der Waals surface area contributed by atoms with Gasteiger partial charge in [0.1, 0.15) is 23.7 Å². The van der Waals surface area contributed by atoms with E-state index in [-0.39, 0.29) is 35.7 Å². The Kier molecular flexibility index (Phi) is 11.4. The molecule has 5 aromatic rings. The molecule has 62 heavy (non-hydrogen) atoms. The van der Waals surface area contributed by atoms with Crippen LogP contribution in [-0.4, -0.2) is 98.1 Å². The number of amides is 4. The minimum Gasteiger partial charge on any atom is -0.453 e. The Bertz CT molecular complexity index is 2620. The summed E-state index contributed by atoms with van der Waals surface area (Å²) in [7, 11) is 2.59. The van der Waals surface area contributed by atoms with E-state index in [9.17, 15) is 19.2 Å². The molecule has 4 unspecified atom stereocenters. The van der Waals surface area contributed by atoms with Crippen LogP contribution in [0.2, 0.25) is 0 Å². The summed E-state index contributed by atoms with van der Waals surface area (Å²) in [6.45, 7) is 1.11. The first-order valence-corrected chi connectivity index (χ1v) is 21.2. The van der Waals surface area contributed by atoms with E-state index in [1.54, 1.807) is 4.90 Å². The molecular formula is C47H49N9O6. The number of ether oxygens (including phenoxy) is 2. The zero-order valence-electron chi connectivity index (χ0n) is 34.6. The standard InChI is InChI=1S/C47H49N9O6/c1-61-46(59)52-39(28-11-5-3-6-12-28)44(57)55-23-9-15-37(55)42-48-27-36(51-42)33-20-18-30-25-32(19-17-31(30)26-33)34-21-22-35-41(49-34)54-43(50-35)38-16-10-24-56(38)45(58)40(53-47(60)62-2)29-13-7-4-8-14-29/h5-8,11-14,17-22,25-29,37-40H,3-4,9-10,15-16,23-24H2,1-2H3,(H,48,51)(H,52,59)(H,53,60)(H,49,50,54). The lowest BCUT2D eigenvalue weighted by atomic mass is 9.93. The number of alkyl carbamates (subject to hydrolysis) is 2. The lowest BCUT2D eigenvalue weighted by Gasteiger charge is -2.31. The van der Waals surface area contributed by atoms with Gasteiger partial charge in [0.05, 0.1) is 49.4 Å². The van der Waals surface area contributed by atoms with Crippen LogP contribution in [-0.2, 0) is 19.1 Å². The van der Waals surface area contributed by atoms with Gasteiger partial charge in [-0.15, -0.1) is 0 Å². The van der Waals surface area contributed by atoms with Crippen molar-refractivity contribution in [3.8, 4) is 22.5 Å². The number of nitrogens with one attached hydrogen (secondary N) is 4. The van der Waals surface area contributed by atoms with E-state index in [2.05, 4.69) is 50.9 Å². The van der Waals surface area contributed by atoms with Crippen LogP contribution in [0.4, 0.5) is 9.59 Å². The van der Waals surface area contributed by atoms with Crippen molar-refractivity contribution in [2.45, 2.75) is 62.7 Å². The van der Waals surface area contributed by atoms with E-state index in [4.69, 9.17) is 24.4 Å². The number of carbonyl (C=O) groups is 4. The molecule has 318 valence electrons. The highest BCUT2D eigenvalue weighted by molar-refractivity contribution is 5.91. The second-order valence-corrected chi connectivity index (χ2v) is 16.1. The Balaban J connectivity index is 0.908. The largest absolute Gasteiger partial charge is 0.453 e. The number of imidazole rings is 2. The van der Waals surface area contributed by atoms with E-state index in [0.29, 0.717) is 30.4 Å². The Morgan fingerprint density at radius 3 is 1.81 bits per heavy atom. The molecule has 0 spiro atoms. The molecule has 2 saturated heterocycles. The molecule has 4 amide bonds. The number of H-pyrrole nitrogens is 2. The van der Waals surface area contributed by atoms with Crippen molar-refractivity contribution < 1.29 is 28.7 Å². The average molecular weight is 836 g/mol. The van der Waals surface area contributed by atoms with Crippen LogP contribution >= 0.6 is 0 Å². The van der Waals surface area contributed by atoms with Crippen molar-refractivity contribution in [2.75, 3.05) is 27.3 Å². The third kappa shape index (κ3) is 8.09. The molecule has 15 heteroatoms. The highest BCUT2D eigenvalue weighted by Gasteiger charge is 2.40. The molecular weight excluding hydrogens is 787 g/mol. The van der Waals surface area contributed by atoms with Gasteiger partial charge in [0.15, 0.2) is 5.65 Å². The molecule has 5 heterocycles. The Labute approximate surface area is 358 Å². The average Bonchev–Trinajstić information content (AvgIpc) is 4.16. The summed E-state index contributed by atoms with van der Waals surface area (Å²) < 4.78 is 9.72. The second-order valence-electron chi connectivity index (χ2n) is 16.1. The molecule has 3 aromatic heterocycles.